The van der Waals surface area contributed by atoms with Crippen LogP contribution in [0.2, 0.25) is 0 Å². The van der Waals surface area contributed by atoms with Crippen LogP contribution < -0.4 is 10.1 Å². The van der Waals surface area contributed by atoms with Crippen molar-refractivity contribution in [3.63, 3.8) is 0 Å². The van der Waals surface area contributed by atoms with Crippen molar-refractivity contribution in [2.45, 2.75) is 27.4 Å². The number of hydrogen-bond acceptors (Lipinski definition) is 5. The largest absolute Gasteiger partial charge is 0.485 e. The van der Waals surface area contributed by atoms with Crippen LogP contribution in [-0.4, -0.2) is 16.0 Å². The third kappa shape index (κ3) is 4.44. The molecule has 0 fully saturated rings. The fourth-order valence-electron chi connectivity index (χ4n) is 2.50. The molecule has 0 saturated heterocycles. The Hall–Kier alpha value is -3.15. The molecule has 0 spiro atoms. The highest BCUT2D eigenvalue weighted by atomic mass is 16.5. The normalized spacial score (nSPS) is 10.5. The zero-order valence-corrected chi connectivity index (χ0v) is 14.4. The molecule has 0 saturated carbocycles. The van der Waals surface area contributed by atoms with Crippen molar-refractivity contribution in [1.29, 1.82) is 0 Å². The van der Waals surface area contributed by atoms with Crippen LogP contribution in [0, 0.1) is 20.8 Å². The summed E-state index contributed by atoms with van der Waals surface area (Å²) < 4.78 is 10.5. The lowest BCUT2D eigenvalue weighted by Crippen LogP contribution is -2.12. The van der Waals surface area contributed by atoms with Gasteiger partial charge >= 0.3 is 0 Å². The van der Waals surface area contributed by atoms with Gasteiger partial charge in [-0.1, -0.05) is 11.2 Å². The monoisotopic (exact) mass is 337 g/mol. The lowest BCUT2D eigenvalue weighted by Gasteiger charge is -2.08. The quantitative estimate of drug-likeness (QED) is 0.766. The topological polar surface area (TPSA) is 77.2 Å². The molecule has 3 aromatic rings. The summed E-state index contributed by atoms with van der Waals surface area (Å²) in [7, 11) is 0. The fraction of sp³-hybridized carbons (Fsp3) is 0.211. The van der Waals surface area contributed by atoms with Crippen molar-refractivity contribution in [2.24, 2.45) is 0 Å². The van der Waals surface area contributed by atoms with E-state index in [1.54, 1.807) is 31.2 Å². The summed E-state index contributed by atoms with van der Waals surface area (Å²) in [6.07, 6.45) is 0. The first-order valence-corrected chi connectivity index (χ1v) is 7.91. The Morgan fingerprint density at radius 1 is 1.08 bits per heavy atom. The molecule has 2 aromatic carbocycles. The van der Waals surface area contributed by atoms with Gasteiger partial charge in [-0.2, -0.15) is 4.98 Å². The van der Waals surface area contributed by atoms with E-state index in [2.05, 4.69) is 21.5 Å². The van der Waals surface area contributed by atoms with Crippen LogP contribution in [0.5, 0.6) is 5.75 Å². The number of carbonyl (C=O) groups is 1. The molecule has 128 valence electrons. The van der Waals surface area contributed by atoms with Gasteiger partial charge in [-0.05, 0) is 61.4 Å². The SMILES string of the molecule is Cc1cc(C)cc(NC(=O)c2ccc(OCc3noc(C)n3)cc2)c1. The maximum absolute atomic E-state index is 12.3. The second-order valence-corrected chi connectivity index (χ2v) is 5.87. The van der Waals surface area contributed by atoms with E-state index in [9.17, 15) is 4.79 Å². The summed E-state index contributed by atoms with van der Waals surface area (Å²) in [5.41, 5.74) is 3.56. The number of nitrogens with one attached hydrogen (secondary N) is 1. The summed E-state index contributed by atoms with van der Waals surface area (Å²) in [6.45, 7) is 5.94. The van der Waals surface area contributed by atoms with Crippen LogP contribution in [0.3, 0.4) is 0 Å². The lowest BCUT2D eigenvalue weighted by molar-refractivity contribution is 0.102. The van der Waals surface area contributed by atoms with Gasteiger partial charge in [0, 0.05) is 18.2 Å². The van der Waals surface area contributed by atoms with Gasteiger partial charge in [-0.3, -0.25) is 4.79 Å². The minimum Gasteiger partial charge on any atom is -0.485 e. The summed E-state index contributed by atoms with van der Waals surface area (Å²) in [5, 5.41) is 6.67. The number of anilines is 1. The van der Waals surface area contributed by atoms with Crippen molar-refractivity contribution >= 4 is 11.6 Å². The van der Waals surface area contributed by atoms with Crippen molar-refractivity contribution in [3.05, 3.63) is 70.9 Å². The van der Waals surface area contributed by atoms with Gasteiger partial charge in [0.05, 0.1) is 0 Å². The molecule has 6 heteroatoms. The summed E-state index contributed by atoms with van der Waals surface area (Å²) in [5.74, 6) is 1.45. The Kier molecular flexibility index (Phi) is 4.79. The highest BCUT2D eigenvalue weighted by Gasteiger charge is 2.08. The van der Waals surface area contributed by atoms with E-state index < -0.39 is 0 Å². The fourth-order valence-corrected chi connectivity index (χ4v) is 2.50. The number of aryl methyl sites for hydroxylation is 3. The predicted molar refractivity (Wildman–Crippen MR) is 93.7 cm³/mol. The first-order valence-electron chi connectivity index (χ1n) is 7.91. The van der Waals surface area contributed by atoms with Crippen LogP contribution in [0.15, 0.2) is 47.0 Å². The summed E-state index contributed by atoms with van der Waals surface area (Å²) in [6, 6.07) is 12.9. The summed E-state index contributed by atoms with van der Waals surface area (Å²) >= 11 is 0. The predicted octanol–water partition coefficient (Wildman–Crippen LogP) is 3.83. The number of rotatable bonds is 5. The molecule has 0 radical (unpaired) electrons. The van der Waals surface area contributed by atoms with Crippen molar-refractivity contribution in [2.75, 3.05) is 5.32 Å². The molecule has 1 aromatic heterocycles. The number of nitrogens with zero attached hydrogens (tertiary/aromatic N) is 2. The molecule has 0 aliphatic carbocycles. The average Bonchev–Trinajstić information content (AvgIpc) is 2.98. The van der Waals surface area contributed by atoms with Gasteiger partial charge in [-0.25, -0.2) is 0 Å². The molecular formula is C19H19N3O3. The molecule has 1 heterocycles. The van der Waals surface area contributed by atoms with Gasteiger partial charge in [0.25, 0.3) is 5.91 Å². The van der Waals surface area contributed by atoms with E-state index in [1.165, 1.54) is 0 Å². The summed E-state index contributed by atoms with van der Waals surface area (Å²) in [4.78, 5) is 16.4. The van der Waals surface area contributed by atoms with Crippen LogP contribution >= 0.6 is 0 Å². The molecule has 1 N–H and O–H groups in total. The number of hydrogen-bond donors (Lipinski definition) is 1. The van der Waals surface area contributed by atoms with E-state index in [0.717, 1.165) is 16.8 Å². The highest BCUT2D eigenvalue weighted by molar-refractivity contribution is 6.04. The van der Waals surface area contributed by atoms with Gasteiger partial charge in [0.2, 0.25) is 11.7 Å². The molecule has 25 heavy (non-hydrogen) atoms. The standard InChI is InChI=1S/C19H19N3O3/c1-12-8-13(2)10-16(9-12)21-19(23)15-4-6-17(7-5-15)24-11-18-20-14(3)25-22-18/h4-10H,11H2,1-3H3,(H,21,23). The smallest absolute Gasteiger partial charge is 0.255 e. The third-order valence-corrected chi connectivity index (χ3v) is 3.53. The zero-order chi connectivity index (χ0) is 17.8. The zero-order valence-electron chi connectivity index (χ0n) is 14.4. The lowest BCUT2D eigenvalue weighted by atomic mass is 10.1. The second-order valence-electron chi connectivity index (χ2n) is 5.87. The number of amides is 1. The molecule has 0 aliphatic heterocycles. The number of ether oxygens (including phenoxy) is 1. The van der Waals surface area contributed by atoms with E-state index in [1.807, 2.05) is 26.0 Å². The molecule has 6 nitrogen and oxygen atoms in total. The van der Waals surface area contributed by atoms with Crippen LogP contribution in [0.25, 0.3) is 0 Å². The minimum atomic E-state index is -0.162. The average molecular weight is 337 g/mol. The first kappa shape index (κ1) is 16.7. The van der Waals surface area contributed by atoms with E-state index >= 15 is 0 Å². The highest BCUT2D eigenvalue weighted by Crippen LogP contribution is 2.17. The number of carbonyl (C=O) groups excluding carboxylic acids is 1. The van der Waals surface area contributed by atoms with Crippen molar-refractivity contribution in [1.82, 2.24) is 10.1 Å². The molecule has 0 aliphatic rings. The van der Waals surface area contributed by atoms with Crippen LogP contribution in [0.1, 0.15) is 33.2 Å². The Labute approximate surface area is 145 Å². The Morgan fingerprint density at radius 2 is 1.76 bits per heavy atom. The maximum atomic E-state index is 12.3. The maximum Gasteiger partial charge on any atom is 0.255 e. The second kappa shape index (κ2) is 7.17. The first-order chi connectivity index (χ1) is 12.0. The molecule has 0 bridgehead atoms. The Balaban J connectivity index is 1.62. The molecular weight excluding hydrogens is 318 g/mol. The number of aromatic nitrogens is 2. The van der Waals surface area contributed by atoms with E-state index in [4.69, 9.17) is 9.26 Å². The van der Waals surface area contributed by atoms with Gasteiger partial charge in [-0.15, -0.1) is 0 Å². The van der Waals surface area contributed by atoms with Crippen molar-refractivity contribution in [3.8, 4) is 5.75 Å². The van der Waals surface area contributed by atoms with Crippen LogP contribution in [-0.2, 0) is 6.61 Å². The molecule has 0 unspecified atom stereocenters. The Morgan fingerprint density at radius 3 is 2.36 bits per heavy atom. The number of benzene rings is 2. The van der Waals surface area contributed by atoms with E-state index in [-0.39, 0.29) is 12.5 Å². The van der Waals surface area contributed by atoms with Crippen molar-refractivity contribution < 1.29 is 14.1 Å². The Bertz CT molecular complexity index is 865. The molecule has 0 atom stereocenters. The van der Waals surface area contributed by atoms with Gasteiger partial charge in [0.1, 0.15) is 5.75 Å². The minimum absolute atomic E-state index is 0.162. The van der Waals surface area contributed by atoms with Crippen LogP contribution in [0.4, 0.5) is 5.69 Å². The third-order valence-electron chi connectivity index (χ3n) is 3.53. The van der Waals surface area contributed by atoms with E-state index in [0.29, 0.717) is 23.0 Å². The molecule has 1 amide bonds. The molecule has 3 rings (SSSR count). The van der Waals surface area contributed by atoms with Gasteiger partial charge in [0.15, 0.2) is 6.61 Å². The van der Waals surface area contributed by atoms with Gasteiger partial charge < -0.3 is 14.6 Å².